The molecule has 1 atom stereocenters. The first-order valence-electron chi connectivity index (χ1n) is 4.96. The van der Waals surface area contributed by atoms with E-state index >= 15 is 0 Å². The zero-order valence-corrected chi connectivity index (χ0v) is 8.33. The van der Waals surface area contributed by atoms with Crippen LogP contribution in [0.1, 0.15) is 26.7 Å². The van der Waals surface area contributed by atoms with Gasteiger partial charge in [-0.25, -0.2) is 0 Å². The Morgan fingerprint density at radius 3 is 2.46 bits per heavy atom. The second kappa shape index (κ2) is 3.41. The van der Waals surface area contributed by atoms with E-state index in [1.807, 2.05) is 0 Å². The monoisotopic (exact) mass is 174 g/mol. The lowest BCUT2D eigenvalue weighted by Gasteiger charge is -2.27. The summed E-state index contributed by atoms with van der Waals surface area (Å²) in [5, 5.41) is 0. The topological polar surface area (TPSA) is 3.24 Å². The maximum Gasteiger partial charge on any atom is 0.0606 e. The van der Waals surface area contributed by atoms with Crippen LogP contribution in [0.25, 0.3) is 0 Å². The Morgan fingerprint density at radius 2 is 1.92 bits per heavy atom. The van der Waals surface area contributed by atoms with Crippen LogP contribution in [0.2, 0.25) is 0 Å². The SMILES string of the molecule is C[C]1CCC(C)N1c1ccccc1. The van der Waals surface area contributed by atoms with Crippen LogP contribution in [-0.2, 0) is 0 Å². The van der Waals surface area contributed by atoms with Gasteiger partial charge in [0.15, 0.2) is 0 Å². The summed E-state index contributed by atoms with van der Waals surface area (Å²) in [4.78, 5) is 2.44. The highest BCUT2D eigenvalue weighted by Gasteiger charge is 2.27. The number of hydrogen-bond donors (Lipinski definition) is 0. The van der Waals surface area contributed by atoms with E-state index in [1.54, 1.807) is 0 Å². The molecule has 1 fully saturated rings. The van der Waals surface area contributed by atoms with Gasteiger partial charge in [-0.3, -0.25) is 0 Å². The second-order valence-corrected chi connectivity index (χ2v) is 3.83. The molecule has 1 heterocycles. The van der Waals surface area contributed by atoms with Crippen molar-refractivity contribution in [1.29, 1.82) is 0 Å². The Hall–Kier alpha value is -0.980. The van der Waals surface area contributed by atoms with Crippen molar-refractivity contribution in [2.75, 3.05) is 4.90 Å². The van der Waals surface area contributed by atoms with E-state index in [0.29, 0.717) is 6.04 Å². The average Bonchev–Trinajstić information content (AvgIpc) is 2.48. The predicted octanol–water partition coefficient (Wildman–Crippen LogP) is 3.23. The van der Waals surface area contributed by atoms with Crippen LogP contribution in [0.15, 0.2) is 30.3 Å². The van der Waals surface area contributed by atoms with Crippen LogP contribution < -0.4 is 4.90 Å². The second-order valence-electron chi connectivity index (χ2n) is 3.83. The molecule has 1 aliphatic heterocycles. The molecule has 1 saturated heterocycles. The lowest BCUT2D eigenvalue weighted by atomic mass is 10.2. The molecular formula is C12H16N. The Kier molecular flexibility index (Phi) is 2.26. The van der Waals surface area contributed by atoms with E-state index in [-0.39, 0.29) is 0 Å². The number of nitrogens with zero attached hydrogens (tertiary/aromatic N) is 1. The van der Waals surface area contributed by atoms with Gasteiger partial charge >= 0.3 is 0 Å². The molecule has 1 aliphatic rings. The fourth-order valence-electron chi connectivity index (χ4n) is 2.11. The smallest absolute Gasteiger partial charge is 0.0606 e. The minimum Gasteiger partial charge on any atom is -0.361 e. The minimum absolute atomic E-state index is 0.669. The van der Waals surface area contributed by atoms with E-state index in [0.717, 1.165) is 0 Å². The van der Waals surface area contributed by atoms with Gasteiger partial charge in [-0.15, -0.1) is 0 Å². The van der Waals surface area contributed by atoms with Crippen LogP contribution in [0, 0.1) is 6.04 Å². The molecule has 2 rings (SSSR count). The van der Waals surface area contributed by atoms with E-state index in [2.05, 4.69) is 49.1 Å². The molecule has 0 N–H and O–H groups in total. The van der Waals surface area contributed by atoms with Gasteiger partial charge in [-0.05, 0) is 38.8 Å². The molecule has 69 valence electrons. The highest BCUT2D eigenvalue weighted by Crippen LogP contribution is 2.33. The first-order chi connectivity index (χ1) is 6.29. The normalized spacial score (nSPS) is 23.8. The summed E-state index contributed by atoms with van der Waals surface area (Å²) in [6.45, 7) is 4.53. The van der Waals surface area contributed by atoms with E-state index < -0.39 is 0 Å². The average molecular weight is 174 g/mol. The van der Waals surface area contributed by atoms with Crippen LogP contribution in [0.4, 0.5) is 5.69 Å². The maximum atomic E-state index is 2.44. The number of benzene rings is 1. The van der Waals surface area contributed by atoms with Crippen molar-refractivity contribution in [2.24, 2.45) is 0 Å². The standard InChI is InChI=1S/C12H16N/c1-10-8-9-11(2)13(10)12-6-4-3-5-7-12/h3-7,10H,8-9H2,1-2H3. The van der Waals surface area contributed by atoms with E-state index in [4.69, 9.17) is 0 Å². The molecule has 0 spiro atoms. The van der Waals surface area contributed by atoms with Gasteiger partial charge in [0.2, 0.25) is 0 Å². The number of hydrogen-bond acceptors (Lipinski definition) is 1. The molecule has 1 unspecified atom stereocenters. The number of anilines is 1. The summed E-state index contributed by atoms with van der Waals surface area (Å²) in [7, 11) is 0. The van der Waals surface area contributed by atoms with Crippen LogP contribution in [0.3, 0.4) is 0 Å². The molecule has 1 aromatic carbocycles. The molecule has 1 radical (unpaired) electrons. The van der Waals surface area contributed by atoms with E-state index in [9.17, 15) is 0 Å². The number of para-hydroxylation sites is 1. The largest absolute Gasteiger partial charge is 0.361 e. The van der Waals surface area contributed by atoms with Crippen molar-refractivity contribution in [1.82, 2.24) is 0 Å². The summed E-state index contributed by atoms with van der Waals surface area (Å²) in [5.41, 5.74) is 1.34. The quantitative estimate of drug-likeness (QED) is 0.631. The predicted molar refractivity (Wildman–Crippen MR) is 56.5 cm³/mol. The highest BCUT2D eigenvalue weighted by atomic mass is 15.2. The minimum atomic E-state index is 0.669. The van der Waals surface area contributed by atoms with Crippen molar-refractivity contribution >= 4 is 5.69 Å². The Balaban J connectivity index is 2.25. The summed E-state index contributed by atoms with van der Waals surface area (Å²) in [6.07, 6.45) is 2.54. The summed E-state index contributed by atoms with van der Waals surface area (Å²) in [5.74, 6) is 0. The lowest BCUT2D eigenvalue weighted by molar-refractivity contribution is 0.734. The zero-order valence-electron chi connectivity index (χ0n) is 8.33. The van der Waals surface area contributed by atoms with E-state index in [1.165, 1.54) is 24.6 Å². The van der Waals surface area contributed by atoms with Gasteiger partial charge in [0.05, 0.1) is 6.04 Å². The maximum absolute atomic E-state index is 2.44. The van der Waals surface area contributed by atoms with Crippen LogP contribution in [-0.4, -0.2) is 6.04 Å². The first-order valence-corrected chi connectivity index (χ1v) is 4.96. The summed E-state index contributed by atoms with van der Waals surface area (Å²) >= 11 is 0. The third-order valence-corrected chi connectivity index (χ3v) is 2.81. The zero-order chi connectivity index (χ0) is 9.26. The Labute approximate surface area is 80.4 Å². The third-order valence-electron chi connectivity index (χ3n) is 2.81. The molecule has 1 nitrogen and oxygen atoms in total. The Morgan fingerprint density at radius 1 is 1.23 bits per heavy atom. The molecule has 0 aromatic heterocycles. The molecule has 0 bridgehead atoms. The van der Waals surface area contributed by atoms with Gasteiger partial charge in [-0.2, -0.15) is 0 Å². The number of rotatable bonds is 1. The lowest BCUT2D eigenvalue weighted by Crippen LogP contribution is -2.27. The molecule has 13 heavy (non-hydrogen) atoms. The van der Waals surface area contributed by atoms with Crippen molar-refractivity contribution in [2.45, 2.75) is 32.7 Å². The highest BCUT2D eigenvalue weighted by molar-refractivity contribution is 5.52. The van der Waals surface area contributed by atoms with Crippen LogP contribution in [0.5, 0.6) is 0 Å². The fourth-order valence-corrected chi connectivity index (χ4v) is 2.11. The third kappa shape index (κ3) is 1.55. The van der Waals surface area contributed by atoms with Gasteiger partial charge in [0, 0.05) is 11.7 Å². The molecule has 1 heteroatoms. The molecule has 1 aromatic rings. The van der Waals surface area contributed by atoms with Gasteiger partial charge in [0.1, 0.15) is 0 Å². The van der Waals surface area contributed by atoms with Gasteiger partial charge in [0.25, 0.3) is 0 Å². The molecule has 0 amide bonds. The molecule has 0 aliphatic carbocycles. The molecular weight excluding hydrogens is 158 g/mol. The summed E-state index contributed by atoms with van der Waals surface area (Å²) < 4.78 is 0. The van der Waals surface area contributed by atoms with Crippen molar-refractivity contribution in [3.63, 3.8) is 0 Å². The molecule has 0 saturated carbocycles. The van der Waals surface area contributed by atoms with Crippen molar-refractivity contribution in [3.8, 4) is 0 Å². The van der Waals surface area contributed by atoms with Crippen molar-refractivity contribution in [3.05, 3.63) is 36.4 Å². The summed E-state index contributed by atoms with van der Waals surface area (Å²) in [6, 6.07) is 12.8. The van der Waals surface area contributed by atoms with Gasteiger partial charge in [-0.1, -0.05) is 18.2 Å². The Bertz CT molecular complexity index is 258. The first kappa shape index (κ1) is 8.61. The van der Waals surface area contributed by atoms with Gasteiger partial charge < -0.3 is 4.90 Å². The van der Waals surface area contributed by atoms with Crippen molar-refractivity contribution < 1.29 is 0 Å². The van der Waals surface area contributed by atoms with Crippen LogP contribution >= 0.6 is 0 Å². The fraction of sp³-hybridized carbons (Fsp3) is 0.417.